The van der Waals surface area contributed by atoms with Crippen LogP contribution in [0.1, 0.15) is 24.3 Å². The Bertz CT molecular complexity index is 578. The van der Waals surface area contributed by atoms with Gasteiger partial charge in [0.15, 0.2) is 5.82 Å². The molecule has 2 aromatic heterocycles. The maximum absolute atomic E-state index is 11.0. The number of amides is 1. The molecule has 1 saturated heterocycles. The van der Waals surface area contributed by atoms with Crippen molar-refractivity contribution in [2.24, 2.45) is 0 Å². The molecule has 0 spiro atoms. The van der Waals surface area contributed by atoms with Crippen LogP contribution in [0.4, 0.5) is 5.82 Å². The number of nitrogens with one attached hydrogen (secondary N) is 1. The summed E-state index contributed by atoms with van der Waals surface area (Å²) in [7, 11) is 0. The predicted molar refractivity (Wildman–Crippen MR) is 79.8 cm³/mol. The number of anilines is 1. The number of carbonyl (C=O) groups is 1. The minimum atomic E-state index is -0.0824. The molecule has 106 valence electrons. The predicted octanol–water partition coefficient (Wildman–Crippen LogP) is 2.35. The van der Waals surface area contributed by atoms with Gasteiger partial charge >= 0.3 is 0 Å². The summed E-state index contributed by atoms with van der Waals surface area (Å²) in [6, 6.07) is 6.53. The zero-order valence-corrected chi connectivity index (χ0v) is 12.3. The molecule has 0 radical (unpaired) electrons. The molecular formula is C14H18N4OS. The fourth-order valence-electron chi connectivity index (χ4n) is 2.58. The molecule has 1 aliphatic rings. The molecule has 3 rings (SSSR count). The summed E-state index contributed by atoms with van der Waals surface area (Å²) in [5.74, 6) is 0.551. The van der Waals surface area contributed by atoms with Crippen molar-refractivity contribution in [3.8, 4) is 0 Å². The summed E-state index contributed by atoms with van der Waals surface area (Å²) in [6.45, 7) is 4.63. The third-order valence-electron chi connectivity index (χ3n) is 3.49. The Morgan fingerprint density at radius 1 is 1.55 bits per heavy atom. The molecule has 20 heavy (non-hydrogen) atoms. The highest BCUT2D eigenvalue weighted by Crippen LogP contribution is 2.24. The van der Waals surface area contributed by atoms with Gasteiger partial charge in [0, 0.05) is 43.7 Å². The van der Waals surface area contributed by atoms with Gasteiger partial charge in [-0.05, 0) is 17.9 Å². The van der Waals surface area contributed by atoms with E-state index in [9.17, 15) is 4.79 Å². The highest BCUT2D eigenvalue weighted by Gasteiger charge is 2.24. The first kappa shape index (κ1) is 13.3. The third kappa shape index (κ3) is 3.08. The van der Waals surface area contributed by atoms with Crippen LogP contribution in [0.3, 0.4) is 0 Å². The molecule has 3 heterocycles. The van der Waals surface area contributed by atoms with Crippen molar-refractivity contribution >= 4 is 23.1 Å². The molecule has 0 bridgehead atoms. The Balaban J connectivity index is 1.59. The number of thiophene rings is 1. The zero-order valence-electron chi connectivity index (χ0n) is 11.5. The van der Waals surface area contributed by atoms with Crippen LogP contribution in [0.25, 0.3) is 0 Å². The monoisotopic (exact) mass is 290 g/mol. The van der Waals surface area contributed by atoms with Crippen molar-refractivity contribution in [3.05, 3.63) is 34.7 Å². The summed E-state index contributed by atoms with van der Waals surface area (Å²) >= 11 is 1.81. The van der Waals surface area contributed by atoms with Crippen molar-refractivity contribution in [1.82, 2.24) is 14.7 Å². The molecule has 1 atom stereocenters. The topological polar surface area (TPSA) is 50.2 Å². The maximum atomic E-state index is 11.0. The molecule has 1 amide bonds. The smallest absolute Gasteiger partial charge is 0.222 e. The fourth-order valence-corrected chi connectivity index (χ4v) is 3.33. The van der Waals surface area contributed by atoms with Crippen LogP contribution in [0.5, 0.6) is 0 Å². The van der Waals surface area contributed by atoms with Crippen LogP contribution in [-0.2, 0) is 11.3 Å². The molecule has 2 aromatic rings. The van der Waals surface area contributed by atoms with Crippen molar-refractivity contribution in [2.45, 2.75) is 25.9 Å². The maximum Gasteiger partial charge on any atom is 0.222 e. The van der Waals surface area contributed by atoms with Crippen molar-refractivity contribution < 1.29 is 4.79 Å². The fraction of sp³-hybridized carbons (Fsp3) is 0.429. The highest BCUT2D eigenvalue weighted by atomic mass is 32.1. The zero-order chi connectivity index (χ0) is 13.9. The number of nitrogens with zero attached hydrogens (tertiary/aromatic N) is 3. The molecule has 0 saturated carbocycles. The van der Waals surface area contributed by atoms with Gasteiger partial charge in [-0.15, -0.1) is 11.3 Å². The van der Waals surface area contributed by atoms with Crippen LogP contribution < -0.4 is 5.32 Å². The van der Waals surface area contributed by atoms with Crippen molar-refractivity contribution in [1.29, 1.82) is 0 Å². The third-order valence-corrected chi connectivity index (χ3v) is 4.35. The van der Waals surface area contributed by atoms with E-state index < -0.39 is 0 Å². The summed E-state index contributed by atoms with van der Waals surface area (Å²) < 4.78 is 1.97. The standard InChI is InChI=1S/C14H18N4OS/c1-11(19)15-14-5-7-18(16-14)12-4-6-17(9-12)10-13-3-2-8-20-13/h2-3,5,7-8,12H,4,6,9-10H2,1H3,(H,15,16,19)/t12-/m0/s1. The number of hydrogen-bond donors (Lipinski definition) is 1. The minimum absolute atomic E-state index is 0.0824. The van der Waals surface area contributed by atoms with Crippen LogP contribution in [0.2, 0.25) is 0 Å². The number of rotatable bonds is 4. The number of likely N-dealkylation sites (tertiary alicyclic amines) is 1. The molecule has 6 heteroatoms. The molecular weight excluding hydrogens is 272 g/mol. The average Bonchev–Trinajstić information content (AvgIpc) is 3.09. The minimum Gasteiger partial charge on any atom is -0.309 e. The first-order chi connectivity index (χ1) is 9.70. The molecule has 1 N–H and O–H groups in total. The summed E-state index contributed by atoms with van der Waals surface area (Å²) in [6.07, 6.45) is 3.05. The Kier molecular flexibility index (Phi) is 3.84. The van der Waals surface area contributed by atoms with E-state index in [0.29, 0.717) is 11.9 Å². The van der Waals surface area contributed by atoms with Crippen molar-refractivity contribution in [3.63, 3.8) is 0 Å². The second kappa shape index (κ2) is 5.76. The second-order valence-corrected chi connectivity index (χ2v) is 6.15. The lowest BCUT2D eigenvalue weighted by Gasteiger charge is -2.15. The van der Waals surface area contributed by atoms with E-state index >= 15 is 0 Å². The molecule has 0 aliphatic carbocycles. The largest absolute Gasteiger partial charge is 0.309 e. The van der Waals surface area contributed by atoms with Gasteiger partial charge in [0.2, 0.25) is 5.91 Å². The quantitative estimate of drug-likeness (QED) is 0.940. The SMILES string of the molecule is CC(=O)Nc1ccn([C@H]2CCN(Cc3cccs3)C2)n1. The number of aromatic nitrogens is 2. The van der Waals surface area contributed by atoms with E-state index in [0.717, 1.165) is 26.1 Å². The van der Waals surface area contributed by atoms with Gasteiger partial charge in [-0.2, -0.15) is 5.10 Å². The van der Waals surface area contributed by atoms with Gasteiger partial charge in [0.1, 0.15) is 0 Å². The number of hydrogen-bond acceptors (Lipinski definition) is 4. The molecule has 1 fully saturated rings. The van der Waals surface area contributed by atoms with Crippen molar-refractivity contribution in [2.75, 3.05) is 18.4 Å². The molecule has 0 aromatic carbocycles. The van der Waals surface area contributed by atoms with Gasteiger partial charge in [0.05, 0.1) is 6.04 Å². The van der Waals surface area contributed by atoms with E-state index in [2.05, 4.69) is 32.8 Å². The van der Waals surface area contributed by atoms with E-state index in [1.54, 1.807) is 11.3 Å². The van der Waals surface area contributed by atoms with E-state index in [1.807, 2.05) is 16.9 Å². The van der Waals surface area contributed by atoms with E-state index in [1.165, 1.54) is 11.8 Å². The lowest BCUT2D eigenvalue weighted by Crippen LogP contribution is -2.21. The summed E-state index contributed by atoms with van der Waals surface area (Å²) in [5, 5.41) is 9.26. The van der Waals surface area contributed by atoms with Gasteiger partial charge in [0.25, 0.3) is 0 Å². The first-order valence-corrected chi connectivity index (χ1v) is 7.66. The Morgan fingerprint density at radius 2 is 2.45 bits per heavy atom. The van der Waals surface area contributed by atoms with Crippen LogP contribution in [-0.4, -0.2) is 33.7 Å². The highest BCUT2D eigenvalue weighted by molar-refractivity contribution is 7.09. The lowest BCUT2D eigenvalue weighted by atomic mass is 10.3. The lowest BCUT2D eigenvalue weighted by molar-refractivity contribution is -0.114. The average molecular weight is 290 g/mol. The van der Waals surface area contributed by atoms with Gasteiger partial charge in [-0.25, -0.2) is 0 Å². The molecule has 1 aliphatic heterocycles. The normalized spacial score (nSPS) is 19.4. The number of carbonyl (C=O) groups excluding carboxylic acids is 1. The van der Waals surface area contributed by atoms with Gasteiger partial charge in [-0.1, -0.05) is 6.07 Å². The van der Waals surface area contributed by atoms with E-state index in [4.69, 9.17) is 0 Å². The van der Waals surface area contributed by atoms with Gasteiger partial charge in [-0.3, -0.25) is 14.4 Å². The van der Waals surface area contributed by atoms with E-state index in [-0.39, 0.29) is 5.91 Å². The summed E-state index contributed by atoms with van der Waals surface area (Å²) in [5.41, 5.74) is 0. The van der Waals surface area contributed by atoms with Gasteiger partial charge < -0.3 is 5.32 Å². The Labute approximate surface area is 122 Å². The van der Waals surface area contributed by atoms with Crippen LogP contribution >= 0.6 is 11.3 Å². The molecule has 0 unspecified atom stereocenters. The Hall–Kier alpha value is -1.66. The van der Waals surface area contributed by atoms with Crippen LogP contribution in [0, 0.1) is 0 Å². The second-order valence-electron chi connectivity index (χ2n) is 5.12. The molecule has 5 nitrogen and oxygen atoms in total. The Morgan fingerprint density at radius 3 is 3.20 bits per heavy atom. The first-order valence-electron chi connectivity index (χ1n) is 6.78. The van der Waals surface area contributed by atoms with Crippen LogP contribution in [0.15, 0.2) is 29.8 Å². The summed E-state index contributed by atoms with van der Waals surface area (Å²) in [4.78, 5) is 14.9.